The van der Waals surface area contributed by atoms with Gasteiger partial charge in [-0.2, -0.15) is 0 Å². The third-order valence-electron chi connectivity index (χ3n) is 7.27. The Bertz CT molecular complexity index is 1100. The van der Waals surface area contributed by atoms with E-state index in [1.54, 1.807) is 48.5 Å². The second-order valence-corrected chi connectivity index (χ2v) is 9.32. The molecule has 2 bridgehead atoms. The monoisotopic (exact) mass is 433 g/mol. The van der Waals surface area contributed by atoms with Crippen molar-refractivity contribution in [1.29, 1.82) is 0 Å². The lowest BCUT2D eigenvalue weighted by molar-refractivity contribution is -0.124. The summed E-state index contributed by atoms with van der Waals surface area (Å²) in [5.74, 6) is 1.12. The highest BCUT2D eigenvalue weighted by Crippen LogP contribution is 2.65. The van der Waals surface area contributed by atoms with Gasteiger partial charge in [0.05, 0.1) is 17.5 Å². The standard InChI is InChI=1S/C25H20ClNO4/c26-14-6-4-13(5-7-14)21(28)12-31-16-3-1-2-15(10-16)27-24(29)22-17-8-9-18(20-11-19(17)20)23(22)25(27)30/h1-10,17-20,22-23H,11-12H2/t17-,18+,19-,20-,22+,23-/m1/s1. The van der Waals surface area contributed by atoms with Crippen molar-refractivity contribution in [2.24, 2.45) is 35.5 Å². The Morgan fingerprint density at radius 1 is 0.968 bits per heavy atom. The number of carbonyl (C=O) groups excluding carboxylic acids is 3. The van der Waals surface area contributed by atoms with Gasteiger partial charge >= 0.3 is 0 Å². The molecule has 5 nitrogen and oxygen atoms in total. The first-order valence-electron chi connectivity index (χ1n) is 10.6. The minimum Gasteiger partial charge on any atom is -0.485 e. The first-order valence-corrected chi connectivity index (χ1v) is 11.0. The maximum Gasteiger partial charge on any atom is 0.238 e. The number of hydrogen-bond donors (Lipinski definition) is 0. The molecule has 31 heavy (non-hydrogen) atoms. The molecular formula is C25H20ClNO4. The Balaban J connectivity index is 1.20. The van der Waals surface area contributed by atoms with E-state index in [9.17, 15) is 14.4 Å². The summed E-state index contributed by atoms with van der Waals surface area (Å²) in [5, 5.41) is 0.562. The Morgan fingerprint density at radius 2 is 1.61 bits per heavy atom. The van der Waals surface area contributed by atoms with E-state index in [4.69, 9.17) is 16.3 Å². The predicted octanol–water partition coefficient (Wildman–Crippen LogP) is 4.16. The van der Waals surface area contributed by atoms with Crippen LogP contribution in [0.15, 0.2) is 60.7 Å². The number of allylic oxidation sites excluding steroid dienone is 2. The molecule has 0 unspecified atom stereocenters. The minimum atomic E-state index is -0.234. The zero-order chi connectivity index (χ0) is 21.3. The van der Waals surface area contributed by atoms with Gasteiger partial charge in [-0.3, -0.25) is 14.4 Å². The highest BCUT2D eigenvalue weighted by Gasteiger charge is 2.67. The molecule has 1 aliphatic heterocycles. The number of nitrogens with zero attached hydrogens (tertiary/aromatic N) is 1. The largest absolute Gasteiger partial charge is 0.485 e. The molecule has 1 heterocycles. The van der Waals surface area contributed by atoms with Crippen molar-refractivity contribution in [3.8, 4) is 5.75 Å². The Morgan fingerprint density at radius 3 is 2.26 bits per heavy atom. The van der Waals surface area contributed by atoms with Crippen molar-refractivity contribution >= 4 is 34.9 Å². The number of amides is 2. The number of rotatable bonds is 5. The second-order valence-electron chi connectivity index (χ2n) is 8.88. The molecule has 2 aromatic rings. The van der Waals surface area contributed by atoms with Crippen LogP contribution >= 0.6 is 11.6 Å². The van der Waals surface area contributed by atoms with Gasteiger partial charge in [-0.05, 0) is 66.5 Å². The normalized spacial score (nSPS) is 32.1. The van der Waals surface area contributed by atoms with Crippen molar-refractivity contribution in [1.82, 2.24) is 0 Å². The fraction of sp³-hybridized carbons (Fsp3) is 0.320. The Kier molecular flexibility index (Phi) is 4.12. The maximum atomic E-state index is 13.3. The molecule has 0 spiro atoms. The zero-order valence-electron chi connectivity index (χ0n) is 16.6. The average molecular weight is 434 g/mol. The van der Waals surface area contributed by atoms with Crippen LogP contribution in [0.1, 0.15) is 16.8 Å². The molecule has 6 atom stereocenters. The van der Waals surface area contributed by atoms with Crippen molar-refractivity contribution in [2.75, 3.05) is 11.5 Å². The van der Waals surface area contributed by atoms with Crippen molar-refractivity contribution in [3.05, 3.63) is 71.3 Å². The number of ketones is 1. The van der Waals surface area contributed by atoms with Gasteiger partial charge in [0.1, 0.15) is 5.75 Å². The second kappa shape index (κ2) is 6.79. The zero-order valence-corrected chi connectivity index (χ0v) is 17.4. The van der Waals surface area contributed by atoms with Crippen LogP contribution in [-0.4, -0.2) is 24.2 Å². The Labute approximate surface area is 184 Å². The van der Waals surface area contributed by atoms with Crippen LogP contribution in [0.2, 0.25) is 5.02 Å². The predicted molar refractivity (Wildman–Crippen MR) is 115 cm³/mol. The van der Waals surface area contributed by atoms with Gasteiger partial charge in [0.2, 0.25) is 11.8 Å². The van der Waals surface area contributed by atoms with Crippen LogP contribution in [0.3, 0.4) is 0 Å². The highest BCUT2D eigenvalue weighted by molar-refractivity contribution is 6.30. The molecule has 2 saturated carbocycles. The van der Waals surface area contributed by atoms with Crippen LogP contribution < -0.4 is 9.64 Å². The molecule has 0 N–H and O–H groups in total. The lowest BCUT2D eigenvalue weighted by Crippen LogP contribution is -2.40. The van der Waals surface area contributed by atoms with Gasteiger partial charge in [-0.15, -0.1) is 0 Å². The molecule has 0 aromatic heterocycles. The van der Waals surface area contributed by atoms with Crippen LogP contribution in [0.4, 0.5) is 5.69 Å². The van der Waals surface area contributed by atoms with Crippen LogP contribution in [0, 0.1) is 35.5 Å². The third-order valence-corrected chi connectivity index (χ3v) is 7.53. The van der Waals surface area contributed by atoms with Crippen LogP contribution in [0.25, 0.3) is 0 Å². The summed E-state index contributed by atoms with van der Waals surface area (Å²) < 4.78 is 5.68. The molecule has 3 fully saturated rings. The third kappa shape index (κ3) is 2.87. The number of Topliss-reactive ketones (excluding diaryl/α,β-unsaturated/α-hetero) is 1. The summed E-state index contributed by atoms with van der Waals surface area (Å²) in [5.41, 5.74) is 1.02. The molecule has 6 heteroatoms. The fourth-order valence-electron chi connectivity index (χ4n) is 5.79. The average Bonchev–Trinajstić information content (AvgIpc) is 3.56. The number of hydrogen-bond acceptors (Lipinski definition) is 4. The van der Waals surface area contributed by atoms with Gasteiger partial charge in [0, 0.05) is 16.7 Å². The lowest BCUT2D eigenvalue weighted by atomic mass is 9.63. The van der Waals surface area contributed by atoms with Gasteiger partial charge in [-0.1, -0.05) is 29.8 Å². The molecule has 0 radical (unpaired) electrons. The van der Waals surface area contributed by atoms with E-state index >= 15 is 0 Å². The smallest absolute Gasteiger partial charge is 0.238 e. The van der Waals surface area contributed by atoms with Gasteiger partial charge in [-0.25, -0.2) is 4.90 Å². The molecule has 4 aliphatic carbocycles. The number of ether oxygens (including phenoxy) is 1. The summed E-state index contributed by atoms with van der Waals surface area (Å²) in [4.78, 5) is 40.2. The van der Waals surface area contributed by atoms with Gasteiger partial charge < -0.3 is 4.74 Å². The van der Waals surface area contributed by atoms with E-state index in [0.717, 1.165) is 6.42 Å². The summed E-state index contributed by atoms with van der Waals surface area (Å²) in [6, 6.07) is 13.5. The summed E-state index contributed by atoms with van der Waals surface area (Å²) in [6.45, 7) is -0.143. The van der Waals surface area contributed by atoms with E-state index in [2.05, 4.69) is 12.2 Å². The van der Waals surface area contributed by atoms with E-state index in [1.165, 1.54) is 4.90 Å². The maximum absolute atomic E-state index is 13.3. The van der Waals surface area contributed by atoms with Gasteiger partial charge in [0.25, 0.3) is 0 Å². The van der Waals surface area contributed by atoms with Crippen LogP contribution in [0.5, 0.6) is 5.75 Å². The number of benzene rings is 2. The molecule has 2 amide bonds. The minimum absolute atomic E-state index is 0.103. The van der Waals surface area contributed by atoms with E-state index in [0.29, 0.717) is 33.9 Å². The highest BCUT2D eigenvalue weighted by atomic mass is 35.5. The molecule has 5 aliphatic rings. The SMILES string of the molecule is O=C(COc1cccc(N2C(=O)[C@@H]3[C@H]4C=C[C@H]([C@H]5C[C@H]45)[C@@H]3C2=O)c1)c1ccc(Cl)cc1. The van der Waals surface area contributed by atoms with Gasteiger partial charge in [0.15, 0.2) is 12.4 Å². The summed E-state index contributed by atoms with van der Waals surface area (Å²) in [6.07, 6.45) is 5.47. The molecular weight excluding hydrogens is 414 g/mol. The quantitative estimate of drug-likeness (QED) is 0.403. The number of anilines is 1. The van der Waals surface area contributed by atoms with Crippen molar-refractivity contribution in [3.63, 3.8) is 0 Å². The topological polar surface area (TPSA) is 63.7 Å². The first-order chi connectivity index (χ1) is 15.0. The van der Waals surface area contributed by atoms with E-state index < -0.39 is 0 Å². The summed E-state index contributed by atoms with van der Waals surface area (Å²) in [7, 11) is 0. The van der Waals surface area contributed by atoms with Crippen molar-refractivity contribution in [2.45, 2.75) is 6.42 Å². The van der Waals surface area contributed by atoms with E-state index in [-0.39, 0.29) is 47.9 Å². The van der Waals surface area contributed by atoms with E-state index in [1.807, 2.05) is 0 Å². The summed E-state index contributed by atoms with van der Waals surface area (Å²) >= 11 is 5.86. The number of carbonyl (C=O) groups is 3. The van der Waals surface area contributed by atoms with Crippen LogP contribution in [-0.2, 0) is 9.59 Å². The lowest BCUT2D eigenvalue weighted by Gasteiger charge is -2.37. The molecule has 1 saturated heterocycles. The Hall–Kier alpha value is -2.92. The fourth-order valence-corrected chi connectivity index (χ4v) is 5.92. The van der Waals surface area contributed by atoms with Crippen molar-refractivity contribution < 1.29 is 19.1 Å². The molecule has 7 rings (SSSR count). The molecule has 156 valence electrons. The molecule has 2 aromatic carbocycles. The first kappa shape index (κ1) is 18.8. The number of halogens is 1. The number of imide groups is 1.